The van der Waals surface area contributed by atoms with E-state index in [0.717, 1.165) is 43.1 Å². The fourth-order valence-corrected chi connectivity index (χ4v) is 4.38. The molecular formula is C22H30IN3O2S. The van der Waals surface area contributed by atoms with Crippen molar-refractivity contribution in [1.82, 2.24) is 10.2 Å². The third-order valence-electron chi connectivity index (χ3n) is 4.96. The third-order valence-corrected chi connectivity index (χ3v) is 5.81. The van der Waals surface area contributed by atoms with Crippen molar-refractivity contribution < 1.29 is 8.42 Å². The van der Waals surface area contributed by atoms with Gasteiger partial charge in [0.25, 0.3) is 0 Å². The van der Waals surface area contributed by atoms with Crippen LogP contribution in [0.4, 0.5) is 0 Å². The Morgan fingerprint density at radius 2 is 1.76 bits per heavy atom. The Balaban J connectivity index is 0.00000300. The first-order chi connectivity index (χ1) is 13.4. The molecule has 0 bridgehead atoms. The van der Waals surface area contributed by atoms with Gasteiger partial charge in [-0.05, 0) is 30.0 Å². The Morgan fingerprint density at radius 3 is 2.38 bits per heavy atom. The van der Waals surface area contributed by atoms with Crippen LogP contribution in [0.2, 0.25) is 0 Å². The highest BCUT2D eigenvalue weighted by molar-refractivity contribution is 14.0. The van der Waals surface area contributed by atoms with Crippen molar-refractivity contribution in [2.75, 3.05) is 25.9 Å². The average molecular weight is 527 g/mol. The maximum Gasteiger partial charge on any atom is 0.194 e. The molecule has 1 heterocycles. The van der Waals surface area contributed by atoms with Gasteiger partial charge in [0.05, 0.1) is 12.3 Å². The summed E-state index contributed by atoms with van der Waals surface area (Å²) in [6.07, 6.45) is 2.39. The molecule has 1 saturated heterocycles. The standard InChI is InChI=1S/C22H29N3O2S.HI/c1-3-23-22(25-14-13-21(16-25)20-7-5-4-6-8-20)24-15-18-9-11-19(12-10-18)17-28(2,26)27;/h4-12,21H,3,13-17H2,1-2H3,(H,23,24);1H. The van der Waals surface area contributed by atoms with Crippen molar-refractivity contribution in [3.05, 3.63) is 71.3 Å². The molecule has 1 fully saturated rings. The minimum absolute atomic E-state index is 0. The first kappa shape index (κ1) is 23.7. The number of likely N-dealkylation sites (tertiary alicyclic amines) is 1. The molecule has 0 spiro atoms. The highest BCUT2D eigenvalue weighted by Crippen LogP contribution is 2.27. The summed E-state index contributed by atoms with van der Waals surface area (Å²) >= 11 is 0. The zero-order chi connectivity index (χ0) is 20.0. The minimum atomic E-state index is -3.01. The normalized spacial score (nSPS) is 17.1. The molecule has 5 nitrogen and oxygen atoms in total. The van der Waals surface area contributed by atoms with Gasteiger partial charge in [-0.15, -0.1) is 24.0 Å². The lowest BCUT2D eigenvalue weighted by Gasteiger charge is -2.22. The Morgan fingerprint density at radius 1 is 1.10 bits per heavy atom. The molecule has 1 unspecified atom stereocenters. The summed E-state index contributed by atoms with van der Waals surface area (Å²) in [5.41, 5.74) is 3.28. The Kier molecular flexibility index (Phi) is 8.95. The van der Waals surface area contributed by atoms with Gasteiger partial charge in [-0.25, -0.2) is 13.4 Å². The van der Waals surface area contributed by atoms with E-state index in [1.165, 1.54) is 11.8 Å². The van der Waals surface area contributed by atoms with Crippen molar-refractivity contribution in [2.45, 2.75) is 31.6 Å². The molecule has 1 aliphatic rings. The Bertz CT molecular complexity index is 899. The number of guanidine groups is 1. The van der Waals surface area contributed by atoms with Crippen LogP contribution < -0.4 is 5.32 Å². The molecule has 0 aliphatic carbocycles. The number of aliphatic imine (C=N–C) groups is 1. The van der Waals surface area contributed by atoms with Gasteiger partial charge >= 0.3 is 0 Å². The van der Waals surface area contributed by atoms with Gasteiger partial charge < -0.3 is 10.2 Å². The summed E-state index contributed by atoms with van der Waals surface area (Å²) in [7, 11) is -3.01. The lowest BCUT2D eigenvalue weighted by atomic mass is 9.99. The largest absolute Gasteiger partial charge is 0.357 e. The van der Waals surface area contributed by atoms with Gasteiger partial charge in [-0.1, -0.05) is 54.6 Å². The zero-order valence-corrected chi connectivity index (χ0v) is 20.2. The van der Waals surface area contributed by atoms with E-state index in [-0.39, 0.29) is 29.7 Å². The van der Waals surface area contributed by atoms with Crippen molar-refractivity contribution in [3.8, 4) is 0 Å². The predicted molar refractivity (Wildman–Crippen MR) is 131 cm³/mol. The molecule has 0 amide bonds. The molecule has 1 atom stereocenters. The summed E-state index contributed by atoms with van der Waals surface area (Å²) in [4.78, 5) is 7.14. The van der Waals surface area contributed by atoms with Gasteiger partial charge in [0.1, 0.15) is 0 Å². The van der Waals surface area contributed by atoms with Crippen molar-refractivity contribution in [2.24, 2.45) is 4.99 Å². The maximum atomic E-state index is 11.4. The first-order valence-corrected chi connectivity index (χ1v) is 11.8. The molecule has 2 aromatic rings. The highest BCUT2D eigenvalue weighted by Gasteiger charge is 2.25. The lowest BCUT2D eigenvalue weighted by molar-refractivity contribution is 0.486. The predicted octanol–water partition coefficient (Wildman–Crippen LogP) is 3.80. The smallest absolute Gasteiger partial charge is 0.194 e. The summed E-state index contributed by atoms with van der Waals surface area (Å²) in [6, 6.07) is 18.3. The number of nitrogens with one attached hydrogen (secondary N) is 1. The lowest BCUT2D eigenvalue weighted by Crippen LogP contribution is -2.40. The molecule has 0 saturated carbocycles. The van der Waals surface area contributed by atoms with Crippen LogP contribution in [0.25, 0.3) is 0 Å². The molecule has 29 heavy (non-hydrogen) atoms. The van der Waals surface area contributed by atoms with Crippen LogP contribution in [0, 0.1) is 0 Å². The fraction of sp³-hybridized carbons (Fsp3) is 0.409. The second-order valence-electron chi connectivity index (χ2n) is 7.40. The average Bonchev–Trinajstić information content (AvgIpc) is 3.16. The van der Waals surface area contributed by atoms with Crippen LogP contribution in [-0.4, -0.2) is 45.2 Å². The number of hydrogen-bond acceptors (Lipinski definition) is 3. The number of halogens is 1. The number of benzene rings is 2. The Hall–Kier alpha value is -1.61. The quantitative estimate of drug-likeness (QED) is 0.353. The molecule has 1 aliphatic heterocycles. The molecule has 2 aromatic carbocycles. The van der Waals surface area contributed by atoms with Gasteiger partial charge in [-0.3, -0.25) is 0 Å². The molecular weight excluding hydrogens is 497 g/mol. The van der Waals surface area contributed by atoms with Crippen molar-refractivity contribution in [3.63, 3.8) is 0 Å². The molecule has 7 heteroatoms. The van der Waals surface area contributed by atoms with E-state index in [1.54, 1.807) is 0 Å². The summed E-state index contributed by atoms with van der Waals surface area (Å²) in [5, 5.41) is 3.41. The first-order valence-electron chi connectivity index (χ1n) is 9.78. The van der Waals surface area contributed by atoms with Gasteiger partial charge in [-0.2, -0.15) is 0 Å². The van der Waals surface area contributed by atoms with E-state index in [2.05, 4.69) is 47.5 Å². The summed E-state index contributed by atoms with van der Waals surface area (Å²) in [6.45, 7) is 5.47. The second-order valence-corrected chi connectivity index (χ2v) is 9.54. The van der Waals surface area contributed by atoms with Crippen LogP contribution in [0.1, 0.15) is 36.0 Å². The van der Waals surface area contributed by atoms with Crippen LogP contribution in [0.15, 0.2) is 59.6 Å². The Labute approximate surface area is 191 Å². The summed E-state index contributed by atoms with van der Waals surface area (Å²) < 4.78 is 22.8. The molecule has 0 radical (unpaired) electrons. The SMILES string of the molecule is CCNC(=NCc1ccc(CS(C)(=O)=O)cc1)N1CCC(c2ccccc2)C1.I. The number of nitrogens with zero attached hydrogens (tertiary/aromatic N) is 2. The minimum Gasteiger partial charge on any atom is -0.357 e. The van der Waals surface area contributed by atoms with Crippen LogP contribution >= 0.6 is 24.0 Å². The fourth-order valence-electron chi connectivity index (χ4n) is 3.59. The van der Waals surface area contributed by atoms with Gasteiger partial charge in [0.2, 0.25) is 0 Å². The maximum absolute atomic E-state index is 11.4. The van der Waals surface area contributed by atoms with E-state index in [4.69, 9.17) is 4.99 Å². The van der Waals surface area contributed by atoms with E-state index >= 15 is 0 Å². The zero-order valence-electron chi connectivity index (χ0n) is 17.0. The molecule has 1 N–H and O–H groups in total. The van der Waals surface area contributed by atoms with E-state index in [1.807, 2.05) is 24.3 Å². The molecule has 3 rings (SSSR count). The van der Waals surface area contributed by atoms with Crippen molar-refractivity contribution in [1.29, 1.82) is 0 Å². The van der Waals surface area contributed by atoms with E-state index < -0.39 is 9.84 Å². The summed E-state index contributed by atoms with van der Waals surface area (Å²) in [5.74, 6) is 1.56. The highest BCUT2D eigenvalue weighted by atomic mass is 127. The van der Waals surface area contributed by atoms with Gasteiger partial charge in [0, 0.05) is 31.8 Å². The van der Waals surface area contributed by atoms with E-state index in [0.29, 0.717) is 12.5 Å². The monoisotopic (exact) mass is 527 g/mol. The third kappa shape index (κ3) is 7.29. The van der Waals surface area contributed by atoms with E-state index in [9.17, 15) is 8.42 Å². The second kappa shape index (κ2) is 11.0. The van der Waals surface area contributed by atoms with Crippen LogP contribution in [-0.2, 0) is 22.1 Å². The topological polar surface area (TPSA) is 61.8 Å². The molecule has 158 valence electrons. The van der Waals surface area contributed by atoms with Gasteiger partial charge in [0.15, 0.2) is 15.8 Å². The number of rotatable bonds is 6. The van der Waals surface area contributed by atoms with Crippen molar-refractivity contribution >= 4 is 39.8 Å². The molecule has 0 aromatic heterocycles. The number of hydrogen-bond donors (Lipinski definition) is 1. The van der Waals surface area contributed by atoms with Crippen LogP contribution in [0.5, 0.6) is 0 Å². The number of sulfone groups is 1. The van der Waals surface area contributed by atoms with Crippen LogP contribution in [0.3, 0.4) is 0 Å².